The van der Waals surface area contributed by atoms with Gasteiger partial charge in [0.15, 0.2) is 0 Å². The molecule has 0 bridgehead atoms. The lowest BCUT2D eigenvalue weighted by Gasteiger charge is -2.28. The Hall–Kier alpha value is -0.150. The van der Waals surface area contributed by atoms with Crippen LogP contribution in [0, 0.1) is 0 Å². The van der Waals surface area contributed by atoms with Gasteiger partial charge in [-0.3, -0.25) is 0 Å². The Morgan fingerprint density at radius 1 is 1.67 bits per heavy atom. The summed E-state index contributed by atoms with van der Waals surface area (Å²) < 4.78 is 13.1. The fourth-order valence-corrected chi connectivity index (χ4v) is 1.11. The number of piperidine rings is 1. The topological polar surface area (TPSA) is 38.0 Å². The first-order chi connectivity index (χ1) is 4.27. The van der Waals surface area contributed by atoms with Gasteiger partial charge in [-0.1, -0.05) is 0 Å². The van der Waals surface area contributed by atoms with Crippen molar-refractivity contribution in [3.05, 3.63) is 0 Å². The summed E-state index contributed by atoms with van der Waals surface area (Å²) in [6.45, 7) is 1.52. The second-order valence-corrected chi connectivity index (χ2v) is 2.64. The van der Waals surface area contributed by atoms with Gasteiger partial charge in [-0.25, -0.2) is 4.39 Å². The lowest BCUT2D eigenvalue weighted by molar-refractivity contribution is 0.132. The van der Waals surface area contributed by atoms with Crippen LogP contribution in [-0.4, -0.2) is 25.3 Å². The van der Waals surface area contributed by atoms with Gasteiger partial charge in [-0.15, -0.1) is 0 Å². The highest BCUT2D eigenvalue weighted by Gasteiger charge is 2.29. The van der Waals surface area contributed by atoms with Gasteiger partial charge in [-0.2, -0.15) is 0 Å². The van der Waals surface area contributed by atoms with Gasteiger partial charge in [0.1, 0.15) is 5.67 Å². The second-order valence-electron chi connectivity index (χ2n) is 2.64. The summed E-state index contributed by atoms with van der Waals surface area (Å²) in [4.78, 5) is 0. The van der Waals surface area contributed by atoms with Crippen molar-refractivity contribution < 1.29 is 4.39 Å². The summed E-state index contributed by atoms with van der Waals surface area (Å²) in [6.07, 6.45) is 1.53. The van der Waals surface area contributed by atoms with Gasteiger partial charge in [0.2, 0.25) is 0 Å². The Bertz CT molecular complexity index is 89.1. The van der Waals surface area contributed by atoms with E-state index in [2.05, 4.69) is 5.32 Å². The molecule has 1 fully saturated rings. The minimum absolute atomic E-state index is 0.153. The van der Waals surface area contributed by atoms with Crippen LogP contribution in [0.4, 0.5) is 4.39 Å². The quantitative estimate of drug-likeness (QED) is 0.528. The molecule has 0 radical (unpaired) electrons. The van der Waals surface area contributed by atoms with Crippen LogP contribution in [0.15, 0.2) is 0 Å². The molecule has 1 atom stereocenters. The molecule has 1 rings (SSSR count). The molecule has 0 saturated carbocycles. The standard InChI is InChI=1S/C6H13FN2/c7-6(4-8)2-1-3-9-5-6/h9H,1-5,8H2. The predicted octanol–water partition coefficient (Wildman–Crippen LogP) is 0.0368. The monoisotopic (exact) mass is 132 g/mol. The molecule has 0 amide bonds. The second kappa shape index (κ2) is 2.62. The SMILES string of the molecule is NCC1(F)CCCNC1. The van der Waals surface area contributed by atoms with Crippen molar-refractivity contribution in [3.63, 3.8) is 0 Å². The molecular formula is C6H13FN2. The Kier molecular flexibility index (Phi) is 2.03. The van der Waals surface area contributed by atoms with Crippen LogP contribution in [0.1, 0.15) is 12.8 Å². The molecular weight excluding hydrogens is 119 g/mol. The number of nitrogens with one attached hydrogen (secondary N) is 1. The van der Waals surface area contributed by atoms with Crippen molar-refractivity contribution >= 4 is 0 Å². The Balaban J connectivity index is 2.37. The van der Waals surface area contributed by atoms with Crippen LogP contribution in [0.25, 0.3) is 0 Å². The molecule has 9 heavy (non-hydrogen) atoms. The fourth-order valence-electron chi connectivity index (χ4n) is 1.11. The molecule has 0 aromatic rings. The van der Waals surface area contributed by atoms with E-state index in [1.807, 2.05) is 0 Å². The molecule has 54 valence electrons. The van der Waals surface area contributed by atoms with E-state index < -0.39 is 5.67 Å². The van der Waals surface area contributed by atoms with Gasteiger partial charge in [0.05, 0.1) is 0 Å². The summed E-state index contributed by atoms with van der Waals surface area (Å²) in [5, 5.41) is 2.97. The van der Waals surface area contributed by atoms with E-state index in [1.165, 1.54) is 0 Å². The Labute approximate surface area is 54.6 Å². The molecule has 0 aliphatic carbocycles. The highest BCUT2D eigenvalue weighted by Crippen LogP contribution is 2.18. The molecule has 3 heteroatoms. The molecule has 1 heterocycles. The van der Waals surface area contributed by atoms with Crippen LogP contribution in [0.5, 0.6) is 0 Å². The van der Waals surface area contributed by atoms with Crippen LogP contribution in [0.2, 0.25) is 0 Å². The van der Waals surface area contributed by atoms with Crippen LogP contribution >= 0.6 is 0 Å². The maximum atomic E-state index is 13.1. The molecule has 0 spiro atoms. The first kappa shape index (κ1) is 6.96. The molecule has 2 nitrogen and oxygen atoms in total. The minimum Gasteiger partial charge on any atom is -0.327 e. The number of hydrogen-bond acceptors (Lipinski definition) is 2. The van der Waals surface area contributed by atoms with E-state index in [0.29, 0.717) is 13.0 Å². The largest absolute Gasteiger partial charge is 0.327 e. The average molecular weight is 132 g/mol. The lowest BCUT2D eigenvalue weighted by atomic mass is 9.97. The minimum atomic E-state index is -1.11. The summed E-state index contributed by atoms with van der Waals surface area (Å²) in [5.41, 5.74) is 4.11. The van der Waals surface area contributed by atoms with Gasteiger partial charge in [0.25, 0.3) is 0 Å². The number of hydrogen-bond donors (Lipinski definition) is 2. The Morgan fingerprint density at radius 3 is 2.78 bits per heavy atom. The first-order valence-electron chi connectivity index (χ1n) is 3.36. The normalized spacial score (nSPS) is 36.7. The van der Waals surface area contributed by atoms with Crippen molar-refractivity contribution in [2.24, 2.45) is 5.73 Å². The number of nitrogens with two attached hydrogens (primary N) is 1. The van der Waals surface area contributed by atoms with Crippen LogP contribution in [0.3, 0.4) is 0 Å². The molecule has 1 unspecified atom stereocenters. The number of alkyl halides is 1. The summed E-state index contributed by atoms with van der Waals surface area (Å²) in [7, 11) is 0. The zero-order valence-corrected chi connectivity index (χ0v) is 5.49. The van der Waals surface area contributed by atoms with E-state index in [4.69, 9.17) is 5.73 Å². The third-order valence-electron chi connectivity index (χ3n) is 1.79. The number of halogens is 1. The zero-order valence-electron chi connectivity index (χ0n) is 5.49. The average Bonchev–Trinajstić information content (AvgIpc) is 1.90. The van der Waals surface area contributed by atoms with Gasteiger partial charge >= 0.3 is 0 Å². The fraction of sp³-hybridized carbons (Fsp3) is 1.00. The maximum absolute atomic E-state index is 13.1. The highest BCUT2D eigenvalue weighted by molar-refractivity contribution is 4.86. The third-order valence-corrected chi connectivity index (χ3v) is 1.79. The molecule has 0 aromatic carbocycles. The molecule has 1 aliphatic rings. The zero-order chi connectivity index (χ0) is 6.74. The predicted molar refractivity (Wildman–Crippen MR) is 35.0 cm³/mol. The van der Waals surface area contributed by atoms with Crippen molar-refractivity contribution in [3.8, 4) is 0 Å². The Morgan fingerprint density at radius 2 is 2.44 bits per heavy atom. The van der Waals surface area contributed by atoms with Crippen molar-refractivity contribution in [1.82, 2.24) is 5.32 Å². The third kappa shape index (κ3) is 1.63. The summed E-state index contributed by atoms with van der Waals surface area (Å²) >= 11 is 0. The van der Waals surface area contributed by atoms with Crippen molar-refractivity contribution in [2.45, 2.75) is 18.5 Å². The molecule has 3 N–H and O–H groups in total. The lowest BCUT2D eigenvalue weighted by Crippen LogP contribution is -2.47. The summed E-state index contributed by atoms with van der Waals surface area (Å²) in [6, 6.07) is 0. The van der Waals surface area contributed by atoms with E-state index in [-0.39, 0.29) is 6.54 Å². The summed E-state index contributed by atoms with van der Waals surface area (Å²) in [5.74, 6) is 0. The highest BCUT2D eigenvalue weighted by atomic mass is 19.1. The van der Waals surface area contributed by atoms with E-state index >= 15 is 0 Å². The molecule has 1 aliphatic heterocycles. The van der Waals surface area contributed by atoms with Crippen molar-refractivity contribution in [1.29, 1.82) is 0 Å². The van der Waals surface area contributed by atoms with Crippen LogP contribution < -0.4 is 11.1 Å². The number of rotatable bonds is 1. The van der Waals surface area contributed by atoms with Gasteiger partial charge < -0.3 is 11.1 Å². The smallest absolute Gasteiger partial charge is 0.135 e. The van der Waals surface area contributed by atoms with Gasteiger partial charge in [-0.05, 0) is 19.4 Å². The van der Waals surface area contributed by atoms with E-state index in [9.17, 15) is 4.39 Å². The van der Waals surface area contributed by atoms with Crippen molar-refractivity contribution in [2.75, 3.05) is 19.6 Å². The van der Waals surface area contributed by atoms with E-state index in [1.54, 1.807) is 0 Å². The maximum Gasteiger partial charge on any atom is 0.135 e. The van der Waals surface area contributed by atoms with Crippen LogP contribution in [-0.2, 0) is 0 Å². The first-order valence-corrected chi connectivity index (χ1v) is 3.36. The molecule has 0 aromatic heterocycles. The van der Waals surface area contributed by atoms with Gasteiger partial charge in [0, 0.05) is 13.1 Å². The van der Waals surface area contributed by atoms with E-state index in [0.717, 1.165) is 13.0 Å². The molecule has 1 saturated heterocycles.